The monoisotopic (exact) mass is 1120 g/mol. The van der Waals surface area contributed by atoms with E-state index in [2.05, 4.69) is 117 Å². The number of hydrogen-bond donors (Lipinski definition) is 6. The molecule has 18 nitrogen and oxygen atoms in total. The zero-order valence-electron chi connectivity index (χ0n) is 41.3. The molecule has 6 rings (SSSR count). The molecule has 2 aliphatic rings. The molecule has 71 heavy (non-hydrogen) atoms. The summed E-state index contributed by atoms with van der Waals surface area (Å²) >= 11 is 16.5. The number of aromatic nitrogens is 4. The minimum Gasteiger partial charge on any atom is -0.423 e. The van der Waals surface area contributed by atoms with Crippen molar-refractivity contribution >= 4 is 103 Å². The molecule has 2 aromatic carbocycles. The van der Waals surface area contributed by atoms with Gasteiger partial charge in [0.1, 0.15) is 11.1 Å². The number of hydrogen-bond acceptors (Lipinski definition) is 14. The summed E-state index contributed by atoms with van der Waals surface area (Å²) in [6.45, 7) is 23.7. The summed E-state index contributed by atoms with van der Waals surface area (Å²) in [4.78, 5) is 24.3. The van der Waals surface area contributed by atoms with Gasteiger partial charge in [-0.15, -0.1) is 0 Å². The second-order valence-corrected chi connectivity index (χ2v) is 31.7. The third-order valence-electron chi connectivity index (χ3n) is 13.6. The topological polar surface area (TPSA) is 271 Å². The van der Waals surface area contributed by atoms with Gasteiger partial charge >= 0.3 is 7.12 Å². The van der Waals surface area contributed by atoms with E-state index in [-0.39, 0.29) is 75.5 Å². The first kappa shape index (κ1) is 59.3. The molecule has 4 atom stereocenters. The van der Waals surface area contributed by atoms with Gasteiger partial charge in [0.15, 0.2) is 28.3 Å². The lowest BCUT2D eigenvalue weighted by atomic mass is 9.77. The normalized spacial score (nSPS) is 18.5. The fourth-order valence-corrected chi connectivity index (χ4v) is 9.96. The van der Waals surface area contributed by atoms with Crippen LogP contribution in [0.15, 0.2) is 41.1 Å². The average molecular weight is 1120 g/mol. The van der Waals surface area contributed by atoms with E-state index in [1.165, 1.54) is 16.9 Å². The Bertz CT molecular complexity index is 2630. The Hall–Kier alpha value is -4.30. The zero-order valence-corrected chi connectivity index (χ0v) is 46.4. The lowest BCUT2D eigenvalue weighted by Gasteiger charge is -2.36. The largest absolute Gasteiger partial charge is 0.490 e. The van der Waals surface area contributed by atoms with Gasteiger partial charge in [0.05, 0.1) is 67.5 Å². The maximum absolute atomic E-state index is 12.2. The van der Waals surface area contributed by atoms with Gasteiger partial charge in [-0.3, -0.25) is 19.0 Å². The predicted octanol–water partition coefficient (Wildman–Crippen LogP) is 9.08. The van der Waals surface area contributed by atoms with E-state index < -0.39 is 35.6 Å². The number of rotatable bonds is 15. The number of nitrogens with one attached hydrogen (secondary N) is 2. The van der Waals surface area contributed by atoms with Crippen LogP contribution in [-0.4, -0.2) is 91.6 Å². The van der Waals surface area contributed by atoms with Crippen LogP contribution in [-0.2, 0) is 31.5 Å². The first-order valence-electron chi connectivity index (χ1n) is 22.8. The lowest BCUT2D eigenvalue weighted by molar-refractivity contribution is 0.0341. The minimum absolute atomic E-state index is 0. The highest BCUT2D eigenvalue weighted by Gasteiger charge is 2.39. The number of nitrogens with zero attached hydrogens (tertiary/aromatic N) is 6. The Morgan fingerprint density at radius 1 is 0.789 bits per heavy atom. The van der Waals surface area contributed by atoms with Crippen LogP contribution in [0.4, 0.5) is 23.0 Å². The second kappa shape index (κ2) is 24.2. The van der Waals surface area contributed by atoms with Gasteiger partial charge < -0.3 is 50.5 Å². The van der Waals surface area contributed by atoms with Crippen LogP contribution in [0.3, 0.4) is 0 Å². The van der Waals surface area contributed by atoms with Crippen LogP contribution in [0.1, 0.15) is 106 Å². The van der Waals surface area contributed by atoms with Crippen molar-refractivity contribution in [2.75, 3.05) is 37.1 Å². The summed E-state index contributed by atoms with van der Waals surface area (Å²) in [5.41, 5.74) is 14.2. The van der Waals surface area contributed by atoms with E-state index in [1.807, 2.05) is 6.07 Å². The third-order valence-corrected chi connectivity index (χ3v) is 24.3. The van der Waals surface area contributed by atoms with Crippen molar-refractivity contribution < 1.29 is 38.0 Å². The van der Waals surface area contributed by atoms with E-state index >= 15 is 0 Å². The van der Waals surface area contributed by atoms with Crippen molar-refractivity contribution in [1.29, 1.82) is 10.5 Å². The number of anilines is 4. The molecular weight excluding hydrogens is 1050 g/mol. The van der Waals surface area contributed by atoms with Crippen LogP contribution >= 0.6 is 39.1 Å². The first-order chi connectivity index (χ1) is 32.6. The van der Waals surface area contributed by atoms with Gasteiger partial charge in [-0.1, -0.05) is 72.2 Å². The van der Waals surface area contributed by atoms with Crippen molar-refractivity contribution in [2.24, 2.45) is 23.3 Å². The molecule has 0 radical (unpaired) electrons. The predicted molar refractivity (Wildman–Crippen MR) is 286 cm³/mol. The van der Waals surface area contributed by atoms with Crippen molar-refractivity contribution in [2.45, 2.75) is 123 Å². The number of halogens is 3. The van der Waals surface area contributed by atoms with Crippen LogP contribution < -0.4 is 27.6 Å². The van der Waals surface area contributed by atoms with Gasteiger partial charge in [0.2, 0.25) is 0 Å². The number of nitrogens with two attached hydrogens (primary N) is 2. The molecule has 2 fully saturated rings. The fraction of sp³-hybridized carbons (Fsp3) is 0.532. The van der Waals surface area contributed by atoms with Gasteiger partial charge in [-0.2, -0.15) is 20.7 Å². The maximum Gasteiger partial charge on any atom is 0.490 e. The SMILES string of the molecule is C.CC(C)(C)[Si](C)(C)OCc1cc(Nc2nn(C3COCC[C@@H]3C#N)cc2C(N)=O)cc(Cl)c1B(O)O.CC(C)(C)[Si](C)(C)OCc1cc(Nc2nn(C3COCC[C@@H]3C#N)cc2C(N)=O)cc(Cl)c1Br. The Morgan fingerprint density at radius 3 is 1.56 bits per heavy atom. The van der Waals surface area contributed by atoms with Crippen molar-refractivity contribution in [3.8, 4) is 12.1 Å². The number of nitriles is 2. The Morgan fingerprint density at radius 2 is 1.18 bits per heavy atom. The second-order valence-electron chi connectivity index (χ2n) is 20.5. The quantitative estimate of drug-likeness (QED) is 0.0606. The van der Waals surface area contributed by atoms with E-state index in [1.54, 1.807) is 23.0 Å². The summed E-state index contributed by atoms with van der Waals surface area (Å²) in [5, 5.41) is 54.9. The standard InChI is InChI=1S/C23H33BClN5O5Si.C23H31BrClN5O3Si.CH4/c1-23(2,3)36(4,5)35-12-15-8-16(9-18(25)20(15)24(32)33)28-22-17(21(27)31)11-30(29-22)19-13-34-7-6-14(19)10-26;1-23(2,3)34(4,5)33-12-15-8-16(9-18(25)20(15)24)28-22-17(21(27)31)11-30(29-22)19-13-32-7-6-14(19)10-26;/h8-9,11,14,19,32-33H,6-7,12-13H2,1-5H3,(H2,27,31)(H,28,29);8-9,11,14,19H,6-7,12-13H2,1-5H3,(H2,27,31)(H,28,29);1H4/t2*14-,19?;/m11./s1. The van der Waals surface area contributed by atoms with E-state index in [4.69, 9.17) is 53.0 Å². The number of ether oxygens (including phenoxy) is 2. The average Bonchev–Trinajstić information content (AvgIpc) is 3.90. The minimum atomic E-state index is -2.15. The Kier molecular flexibility index (Phi) is 20.2. The van der Waals surface area contributed by atoms with Crippen molar-refractivity contribution in [1.82, 2.24) is 19.6 Å². The van der Waals surface area contributed by atoms with E-state index in [9.17, 15) is 30.2 Å². The summed E-state index contributed by atoms with van der Waals surface area (Å²) < 4.78 is 27.6. The summed E-state index contributed by atoms with van der Waals surface area (Å²) in [6, 6.07) is 10.8. The molecule has 2 unspecified atom stereocenters. The molecule has 386 valence electrons. The van der Waals surface area contributed by atoms with Gasteiger partial charge in [0.25, 0.3) is 11.8 Å². The first-order valence-corrected chi connectivity index (χ1v) is 30.2. The molecular formula is C47H68BBrCl2N10O8Si2. The van der Waals surface area contributed by atoms with Gasteiger partial charge in [-0.05, 0) is 100 Å². The number of carbonyl (C=O) groups is 2. The molecule has 24 heteroatoms. The van der Waals surface area contributed by atoms with Gasteiger partial charge in [0, 0.05) is 51.9 Å². The van der Waals surface area contributed by atoms with E-state index in [0.717, 1.165) is 10.0 Å². The highest BCUT2D eigenvalue weighted by atomic mass is 79.9. The number of carbonyl (C=O) groups excluding carboxylic acids is 2. The van der Waals surface area contributed by atoms with Crippen LogP contribution in [0, 0.1) is 34.5 Å². The smallest absolute Gasteiger partial charge is 0.423 e. The third kappa shape index (κ3) is 14.5. The Labute approximate surface area is 438 Å². The number of amides is 2. The molecule has 0 saturated carbocycles. The molecule has 0 spiro atoms. The summed E-state index contributed by atoms with van der Waals surface area (Å²) in [6.07, 6.45) is 4.24. The maximum atomic E-state index is 12.2. The molecule has 2 amide bonds. The molecule has 0 bridgehead atoms. The highest BCUT2D eigenvalue weighted by Crippen LogP contribution is 2.40. The Balaban J connectivity index is 0.000000305. The van der Waals surface area contributed by atoms with Crippen molar-refractivity contribution in [3.05, 3.63) is 73.4 Å². The number of primary amides is 2. The van der Waals surface area contributed by atoms with Crippen LogP contribution in [0.2, 0.25) is 46.3 Å². The molecule has 0 aliphatic carbocycles. The molecule has 8 N–H and O–H groups in total. The zero-order chi connectivity index (χ0) is 52.1. The summed E-state index contributed by atoms with van der Waals surface area (Å²) in [5.74, 6) is -1.40. The molecule has 2 aliphatic heterocycles. The molecule has 4 aromatic rings. The molecule has 2 aromatic heterocycles. The highest BCUT2D eigenvalue weighted by molar-refractivity contribution is 9.10. The molecule has 2 saturated heterocycles. The number of benzene rings is 2. The summed E-state index contributed by atoms with van der Waals surface area (Å²) in [7, 11) is -5.91. The lowest BCUT2D eigenvalue weighted by Crippen LogP contribution is -2.42. The van der Waals surface area contributed by atoms with E-state index in [0.29, 0.717) is 73.7 Å². The van der Waals surface area contributed by atoms with Crippen LogP contribution in [0.25, 0.3) is 0 Å². The van der Waals surface area contributed by atoms with Gasteiger partial charge in [-0.25, -0.2) is 0 Å². The van der Waals surface area contributed by atoms with Crippen LogP contribution in [0.5, 0.6) is 0 Å². The van der Waals surface area contributed by atoms with Crippen molar-refractivity contribution in [3.63, 3.8) is 0 Å². The fourth-order valence-electron chi connectivity index (χ4n) is 7.14. The molecule has 4 heterocycles.